The van der Waals surface area contributed by atoms with Crippen LogP contribution in [0, 0.1) is 0 Å². The summed E-state index contributed by atoms with van der Waals surface area (Å²) in [6, 6.07) is 10.3. The van der Waals surface area contributed by atoms with Crippen LogP contribution in [-0.4, -0.2) is 39.2 Å². The van der Waals surface area contributed by atoms with Crippen molar-refractivity contribution >= 4 is 22.9 Å². The number of fused-ring (bicyclic) bond motifs is 1. The largest absolute Gasteiger partial charge is 0.492 e. The van der Waals surface area contributed by atoms with Crippen molar-refractivity contribution in [3.05, 3.63) is 36.7 Å². The normalized spacial score (nSPS) is 14.9. The molecule has 2 aromatic heterocycles. The number of imidazole rings is 1. The Labute approximate surface area is 165 Å². The van der Waals surface area contributed by atoms with Gasteiger partial charge in [-0.05, 0) is 31.9 Å². The summed E-state index contributed by atoms with van der Waals surface area (Å²) in [4.78, 5) is 14.0. The molecule has 4 rings (SSSR count). The van der Waals surface area contributed by atoms with Crippen molar-refractivity contribution in [2.75, 3.05) is 30.3 Å². The van der Waals surface area contributed by atoms with Crippen molar-refractivity contribution in [2.24, 2.45) is 0 Å². The van der Waals surface area contributed by atoms with E-state index < -0.39 is 0 Å². The van der Waals surface area contributed by atoms with Gasteiger partial charge in [0.15, 0.2) is 17.0 Å². The van der Waals surface area contributed by atoms with Crippen molar-refractivity contribution in [1.82, 2.24) is 19.5 Å². The van der Waals surface area contributed by atoms with Gasteiger partial charge in [-0.25, -0.2) is 4.98 Å². The number of nitrogens with zero attached hydrogens (tertiary/aromatic N) is 4. The molecule has 7 nitrogen and oxygen atoms in total. The molecular formula is C21H28N6O. The van der Waals surface area contributed by atoms with Crippen LogP contribution in [0.15, 0.2) is 36.7 Å². The van der Waals surface area contributed by atoms with E-state index in [0.29, 0.717) is 25.1 Å². The predicted molar refractivity (Wildman–Crippen MR) is 112 cm³/mol. The molecule has 0 radical (unpaired) electrons. The second-order valence-electron chi connectivity index (χ2n) is 7.13. The van der Waals surface area contributed by atoms with Crippen molar-refractivity contribution in [2.45, 2.75) is 45.1 Å². The van der Waals surface area contributed by atoms with E-state index >= 15 is 0 Å². The number of rotatable bonds is 8. The summed E-state index contributed by atoms with van der Waals surface area (Å²) in [5.41, 5.74) is 1.73. The van der Waals surface area contributed by atoms with Gasteiger partial charge in [0.05, 0.1) is 12.9 Å². The fraction of sp³-hybridized carbons (Fsp3) is 0.476. The first-order valence-corrected chi connectivity index (χ1v) is 10.3. The van der Waals surface area contributed by atoms with E-state index in [4.69, 9.17) is 9.72 Å². The Balaban J connectivity index is 1.51. The third kappa shape index (κ3) is 4.18. The summed E-state index contributed by atoms with van der Waals surface area (Å²) in [6.07, 6.45) is 8.19. The number of anilines is 2. The van der Waals surface area contributed by atoms with Crippen molar-refractivity contribution in [1.29, 1.82) is 0 Å². The first-order valence-electron chi connectivity index (χ1n) is 10.3. The molecule has 1 aliphatic rings. The van der Waals surface area contributed by atoms with E-state index in [1.807, 2.05) is 43.6 Å². The van der Waals surface area contributed by atoms with Gasteiger partial charge < -0.3 is 19.9 Å². The van der Waals surface area contributed by atoms with Crippen LogP contribution in [0.2, 0.25) is 0 Å². The Morgan fingerprint density at radius 1 is 1.07 bits per heavy atom. The standard InChI is InChI=1S/C21H28N6O/c1-2-22-21-25-19(23-13-14-28-17-11-7-4-8-12-17)18-20(26-21)27(15-24-18)16-9-5-3-6-10-16/h4,7-8,11-12,15-16H,2-3,5-6,9-10,13-14H2,1H3,(H2,22,23,25,26). The lowest BCUT2D eigenvalue weighted by Crippen LogP contribution is -2.15. The smallest absolute Gasteiger partial charge is 0.226 e. The van der Waals surface area contributed by atoms with Crippen LogP contribution in [0.1, 0.15) is 45.1 Å². The second-order valence-corrected chi connectivity index (χ2v) is 7.13. The van der Waals surface area contributed by atoms with Crippen LogP contribution in [0.5, 0.6) is 5.75 Å². The van der Waals surface area contributed by atoms with E-state index in [2.05, 4.69) is 25.2 Å². The van der Waals surface area contributed by atoms with Gasteiger partial charge in [0.25, 0.3) is 0 Å². The predicted octanol–water partition coefficient (Wildman–Crippen LogP) is 4.25. The van der Waals surface area contributed by atoms with Gasteiger partial charge in [-0.1, -0.05) is 37.5 Å². The summed E-state index contributed by atoms with van der Waals surface area (Å²) in [7, 11) is 0. The van der Waals surface area contributed by atoms with Crippen molar-refractivity contribution < 1.29 is 4.74 Å². The Morgan fingerprint density at radius 2 is 1.89 bits per heavy atom. The molecule has 1 saturated carbocycles. The van der Waals surface area contributed by atoms with Crippen molar-refractivity contribution in [3.63, 3.8) is 0 Å². The molecule has 0 atom stereocenters. The zero-order valence-electron chi connectivity index (χ0n) is 16.4. The molecule has 148 valence electrons. The molecule has 1 aliphatic carbocycles. The number of nitrogens with one attached hydrogen (secondary N) is 2. The Morgan fingerprint density at radius 3 is 2.68 bits per heavy atom. The molecule has 0 saturated heterocycles. The Kier molecular flexibility index (Phi) is 5.89. The molecule has 2 heterocycles. The van der Waals surface area contributed by atoms with Gasteiger partial charge in [0.1, 0.15) is 12.4 Å². The molecule has 28 heavy (non-hydrogen) atoms. The lowest BCUT2D eigenvalue weighted by molar-refractivity contribution is 0.333. The fourth-order valence-electron chi connectivity index (χ4n) is 3.76. The first kappa shape index (κ1) is 18.5. The quantitative estimate of drug-likeness (QED) is 0.569. The van der Waals surface area contributed by atoms with Gasteiger partial charge in [0.2, 0.25) is 5.95 Å². The van der Waals surface area contributed by atoms with E-state index in [0.717, 1.165) is 29.3 Å². The highest BCUT2D eigenvalue weighted by Crippen LogP contribution is 2.31. The number of hydrogen-bond acceptors (Lipinski definition) is 6. The average molecular weight is 380 g/mol. The highest BCUT2D eigenvalue weighted by atomic mass is 16.5. The van der Waals surface area contributed by atoms with Gasteiger partial charge in [-0.2, -0.15) is 9.97 Å². The van der Waals surface area contributed by atoms with Gasteiger partial charge >= 0.3 is 0 Å². The van der Waals surface area contributed by atoms with Crippen LogP contribution in [-0.2, 0) is 0 Å². The number of para-hydroxylation sites is 1. The van der Waals surface area contributed by atoms with E-state index in [9.17, 15) is 0 Å². The number of ether oxygens (including phenoxy) is 1. The van der Waals surface area contributed by atoms with E-state index in [1.165, 1.54) is 32.1 Å². The zero-order chi connectivity index (χ0) is 19.2. The molecule has 0 amide bonds. The minimum Gasteiger partial charge on any atom is -0.492 e. The maximum Gasteiger partial charge on any atom is 0.226 e. The topological polar surface area (TPSA) is 76.9 Å². The fourth-order valence-corrected chi connectivity index (χ4v) is 3.76. The summed E-state index contributed by atoms with van der Waals surface area (Å²) in [5, 5.41) is 6.62. The summed E-state index contributed by atoms with van der Waals surface area (Å²) in [5.74, 6) is 2.26. The summed E-state index contributed by atoms with van der Waals surface area (Å²) < 4.78 is 8.01. The number of hydrogen-bond donors (Lipinski definition) is 2. The molecule has 2 N–H and O–H groups in total. The van der Waals surface area contributed by atoms with Gasteiger partial charge in [-0.15, -0.1) is 0 Å². The molecular weight excluding hydrogens is 352 g/mol. The Hall–Kier alpha value is -2.83. The molecule has 0 unspecified atom stereocenters. The minimum absolute atomic E-state index is 0.484. The van der Waals surface area contributed by atoms with Gasteiger partial charge in [-0.3, -0.25) is 0 Å². The monoisotopic (exact) mass is 380 g/mol. The highest BCUT2D eigenvalue weighted by Gasteiger charge is 2.20. The molecule has 7 heteroatoms. The maximum atomic E-state index is 5.77. The van der Waals surface area contributed by atoms with Crippen molar-refractivity contribution in [3.8, 4) is 5.75 Å². The van der Waals surface area contributed by atoms with E-state index in [1.54, 1.807) is 0 Å². The third-order valence-corrected chi connectivity index (χ3v) is 5.13. The molecule has 3 aromatic rings. The van der Waals surface area contributed by atoms with Gasteiger partial charge in [0, 0.05) is 12.6 Å². The summed E-state index contributed by atoms with van der Waals surface area (Å²) >= 11 is 0. The molecule has 1 aromatic carbocycles. The third-order valence-electron chi connectivity index (χ3n) is 5.13. The SMILES string of the molecule is CCNc1nc(NCCOc2ccccc2)c2ncn(C3CCCCC3)c2n1. The highest BCUT2D eigenvalue weighted by molar-refractivity contribution is 5.84. The van der Waals surface area contributed by atoms with E-state index in [-0.39, 0.29) is 0 Å². The van der Waals surface area contributed by atoms with Crippen LogP contribution >= 0.6 is 0 Å². The number of aromatic nitrogens is 4. The molecule has 0 aliphatic heterocycles. The van der Waals surface area contributed by atoms with Crippen LogP contribution in [0.3, 0.4) is 0 Å². The van der Waals surface area contributed by atoms with Crippen LogP contribution < -0.4 is 15.4 Å². The number of benzene rings is 1. The zero-order valence-corrected chi connectivity index (χ0v) is 16.4. The molecule has 0 spiro atoms. The minimum atomic E-state index is 0.484. The second kappa shape index (κ2) is 8.91. The Bertz CT molecular complexity index is 889. The lowest BCUT2D eigenvalue weighted by Gasteiger charge is -2.23. The average Bonchev–Trinajstić information content (AvgIpc) is 3.17. The molecule has 0 bridgehead atoms. The lowest BCUT2D eigenvalue weighted by atomic mass is 9.95. The first-order chi connectivity index (χ1) is 13.8. The van der Waals surface area contributed by atoms with Crippen LogP contribution in [0.25, 0.3) is 11.2 Å². The maximum absolute atomic E-state index is 5.77. The molecule has 1 fully saturated rings. The van der Waals surface area contributed by atoms with Crippen LogP contribution in [0.4, 0.5) is 11.8 Å². The summed E-state index contributed by atoms with van der Waals surface area (Å²) in [6.45, 7) is 4.02.